The van der Waals surface area contributed by atoms with E-state index in [1.54, 1.807) is 6.92 Å². The lowest BCUT2D eigenvalue weighted by Crippen LogP contribution is -2.51. The molecule has 0 saturated carbocycles. The fourth-order valence-corrected chi connectivity index (χ4v) is 3.65. The molecule has 0 bridgehead atoms. The molecule has 144 valence electrons. The average Bonchev–Trinajstić information content (AvgIpc) is 2.60. The summed E-state index contributed by atoms with van der Waals surface area (Å²) in [6.07, 6.45) is -1.54. The number of sulfonamides is 1. The van der Waals surface area contributed by atoms with Crippen LogP contribution in [0.25, 0.3) is 0 Å². The molecule has 0 aromatic heterocycles. The van der Waals surface area contributed by atoms with Crippen molar-refractivity contribution < 1.29 is 32.6 Å². The predicted molar refractivity (Wildman–Crippen MR) is 91.4 cm³/mol. The van der Waals surface area contributed by atoms with E-state index in [0.29, 0.717) is 0 Å². The molecule has 2 atom stereocenters. The maximum atomic E-state index is 12.7. The minimum Gasteiger partial charge on any atom is -0.479 e. The predicted octanol–water partition coefficient (Wildman–Crippen LogP) is -0.0746. The van der Waals surface area contributed by atoms with Gasteiger partial charge in [-0.3, -0.25) is 4.79 Å². The molecule has 0 aliphatic carbocycles. The minimum atomic E-state index is -3.77. The number of nitrogens with zero attached hydrogens (tertiary/aromatic N) is 1. The molecule has 1 heterocycles. The number of ether oxygens (including phenoxy) is 2. The molecule has 1 unspecified atom stereocenters. The standard InChI is InChI=1S/C16H22N2O7S/c1-11-9-18(10-14(25-11)16(20)21)15(19)12-4-3-5-13(8-12)26(22,23)17-6-7-24-2/h3-5,8,11,14,17H,6-7,9-10H2,1-2H3,(H,20,21)/t11-,14?/m1/s1. The fourth-order valence-electron chi connectivity index (χ4n) is 2.59. The van der Waals surface area contributed by atoms with Crippen LogP contribution < -0.4 is 4.72 Å². The first-order valence-electron chi connectivity index (χ1n) is 8.01. The first kappa shape index (κ1) is 20.3. The van der Waals surface area contributed by atoms with E-state index in [4.69, 9.17) is 14.6 Å². The second-order valence-electron chi connectivity index (χ2n) is 5.90. The van der Waals surface area contributed by atoms with Gasteiger partial charge in [-0.25, -0.2) is 17.9 Å². The van der Waals surface area contributed by atoms with E-state index in [0.717, 1.165) is 0 Å². The minimum absolute atomic E-state index is 0.0458. The highest BCUT2D eigenvalue weighted by Gasteiger charge is 2.33. The molecule has 0 radical (unpaired) electrons. The number of methoxy groups -OCH3 is 1. The molecule has 1 amide bonds. The van der Waals surface area contributed by atoms with Crippen molar-refractivity contribution in [3.05, 3.63) is 29.8 Å². The molecule has 0 spiro atoms. The van der Waals surface area contributed by atoms with Gasteiger partial charge in [0, 0.05) is 25.8 Å². The normalized spacial score (nSPS) is 20.8. The number of carbonyl (C=O) groups is 2. The molecule has 2 N–H and O–H groups in total. The van der Waals surface area contributed by atoms with Crippen molar-refractivity contribution in [1.82, 2.24) is 9.62 Å². The quantitative estimate of drug-likeness (QED) is 0.629. The molecule has 1 aliphatic rings. The summed E-state index contributed by atoms with van der Waals surface area (Å²) in [5.41, 5.74) is 0.165. The van der Waals surface area contributed by atoms with E-state index in [2.05, 4.69) is 4.72 Å². The van der Waals surface area contributed by atoms with Gasteiger partial charge in [-0.2, -0.15) is 0 Å². The van der Waals surface area contributed by atoms with Crippen molar-refractivity contribution in [3.8, 4) is 0 Å². The molecule has 2 rings (SSSR count). The molecule has 10 heteroatoms. The van der Waals surface area contributed by atoms with Crippen LogP contribution in [0.4, 0.5) is 0 Å². The highest BCUT2D eigenvalue weighted by atomic mass is 32.2. The van der Waals surface area contributed by atoms with Crippen LogP contribution in [0.5, 0.6) is 0 Å². The SMILES string of the molecule is COCCNS(=O)(=O)c1cccc(C(=O)N2CC(C(=O)O)O[C@H](C)C2)c1. The lowest BCUT2D eigenvalue weighted by atomic mass is 10.1. The van der Waals surface area contributed by atoms with Crippen molar-refractivity contribution in [2.45, 2.75) is 24.0 Å². The molecule has 1 aromatic rings. The second-order valence-corrected chi connectivity index (χ2v) is 7.67. The Labute approximate surface area is 151 Å². The topological polar surface area (TPSA) is 122 Å². The van der Waals surface area contributed by atoms with Crippen molar-refractivity contribution in [2.24, 2.45) is 0 Å². The Hall–Kier alpha value is -2.01. The van der Waals surface area contributed by atoms with Gasteiger partial charge >= 0.3 is 5.97 Å². The Bertz CT molecular complexity index is 766. The maximum absolute atomic E-state index is 12.7. The smallest absolute Gasteiger partial charge is 0.334 e. The highest BCUT2D eigenvalue weighted by molar-refractivity contribution is 7.89. The van der Waals surface area contributed by atoms with Gasteiger partial charge in [0.15, 0.2) is 6.10 Å². The van der Waals surface area contributed by atoms with Gasteiger partial charge in [-0.05, 0) is 25.1 Å². The fraction of sp³-hybridized carbons (Fsp3) is 0.500. The van der Waals surface area contributed by atoms with Gasteiger partial charge in [0.1, 0.15) is 0 Å². The summed E-state index contributed by atoms with van der Waals surface area (Å²) in [6, 6.07) is 5.62. The maximum Gasteiger partial charge on any atom is 0.334 e. The summed E-state index contributed by atoms with van der Waals surface area (Å²) in [4.78, 5) is 25.2. The Morgan fingerprint density at radius 2 is 2.12 bits per heavy atom. The number of aliphatic carboxylic acids is 1. The van der Waals surface area contributed by atoms with Crippen LogP contribution >= 0.6 is 0 Å². The molecular formula is C16H22N2O7S. The van der Waals surface area contributed by atoms with Crippen LogP contribution in [0.15, 0.2) is 29.2 Å². The van der Waals surface area contributed by atoms with Crippen molar-refractivity contribution >= 4 is 21.9 Å². The van der Waals surface area contributed by atoms with E-state index in [9.17, 15) is 18.0 Å². The van der Waals surface area contributed by atoms with Crippen LogP contribution in [-0.2, 0) is 24.3 Å². The van der Waals surface area contributed by atoms with E-state index >= 15 is 0 Å². The van der Waals surface area contributed by atoms with Gasteiger partial charge in [-0.15, -0.1) is 0 Å². The number of carboxylic acid groups (broad SMARTS) is 1. The van der Waals surface area contributed by atoms with Crippen LogP contribution in [0.1, 0.15) is 17.3 Å². The lowest BCUT2D eigenvalue weighted by molar-refractivity contribution is -0.160. The summed E-state index contributed by atoms with van der Waals surface area (Å²) < 4.78 is 37.0. The molecule has 1 aromatic carbocycles. The number of benzene rings is 1. The zero-order valence-electron chi connectivity index (χ0n) is 14.5. The zero-order chi connectivity index (χ0) is 19.3. The van der Waals surface area contributed by atoms with Crippen LogP contribution in [-0.4, -0.2) is 75.9 Å². The molecule has 1 saturated heterocycles. The average molecular weight is 386 g/mol. The van der Waals surface area contributed by atoms with Gasteiger partial charge < -0.3 is 19.5 Å². The molecule has 9 nitrogen and oxygen atoms in total. The van der Waals surface area contributed by atoms with E-state index < -0.39 is 34.1 Å². The third-order valence-corrected chi connectivity index (χ3v) is 5.27. The molecule has 1 aliphatic heterocycles. The Balaban J connectivity index is 2.18. The zero-order valence-corrected chi connectivity index (χ0v) is 15.4. The number of amides is 1. The van der Waals surface area contributed by atoms with Gasteiger partial charge in [0.05, 0.1) is 24.2 Å². The molecule has 1 fully saturated rings. The summed E-state index contributed by atoms with van der Waals surface area (Å²) in [5, 5.41) is 9.12. The Kier molecular flexibility index (Phi) is 6.70. The number of nitrogens with one attached hydrogen (secondary N) is 1. The van der Waals surface area contributed by atoms with Crippen molar-refractivity contribution in [2.75, 3.05) is 33.4 Å². The van der Waals surface area contributed by atoms with Crippen LogP contribution in [0.2, 0.25) is 0 Å². The van der Waals surface area contributed by atoms with Crippen molar-refractivity contribution in [1.29, 1.82) is 0 Å². The van der Waals surface area contributed by atoms with Crippen molar-refractivity contribution in [3.63, 3.8) is 0 Å². The van der Waals surface area contributed by atoms with Gasteiger partial charge in [0.2, 0.25) is 10.0 Å². The van der Waals surface area contributed by atoms with Crippen LogP contribution in [0.3, 0.4) is 0 Å². The van der Waals surface area contributed by atoms with E-state index in [1.807, 2.05) is 0 Å². The van der Waals surface area contributed by atoms with Gasteiger partial charge in [-0.1, -0.05) is 6.07 Å². The summed E-state index contributed by atoms with van der Waals surface area (Å²) in [5.74, 6) is -1.59. The number of carboxylic acids is 1. The number of carbonyl (C=O) groups excluding carboxylic acids is 1. The molecule has 26 heavy (non-hydrogen) atoms. The van der Waals surface area contributed by atoms with Crippen LogP contribution in [0, 0.1) is 0 Å². The second kappa shape index (κ2) is 8.58. The largest absolute Gasteiger partial charge is 0.479 e. The Morgan fingerprint density at radius 1 is 1.38 bits per heavy atom. The highest BCUT2D eigenvalue weighted by Crippen LogP contribution is 2.17. The number of morpholine rings is 1. The first-order chi connectivity index (χ1) is 12.2. The third-order valence-electron chi connectivity index (χ3n) is 3.81. The summed E-state index contributed by atoms with van der Waals surface area (Å²) in [7, 11) is -2.31. The Morgan fingerprint density at radius 3 is 2.77 bits per heavy atom. The lowest BCUT2D eigenvalue weighted by Gasteiger charge is -2.35. The summed E-state index contributed by atoms with van der Waals surface area (Å²) in [6.45, 7) is 2.14. The first-order valence-corrected chi connectivity index (χ1v) is 9.49. The number of hydrogen-bond acceptors (Lipinski definition) is 6. The van der Waals surface area contributed by atoms with E-state index in [1.165, 1.54) is 36.3 Å². The monoisotopic (exact) mass is 386 g/mol. The third kappa shape index (κ3) is 5.01. The summed E-state index contributed by atoms with van der Waals surface area (Å²) >= 11 is 0. The van der Waals surface area contributed by atoms with E-state index in [-0.39, 0.29) is 36.7 Å². The number of rotatable bonds is 7. The number of hydrogen-bond donors (Lipinski definition) is 2. The molecular weight excluding hydrogens is 364 g/mol. The van der Waals surface area contributed by atoms with Gasteiger partial charge in [0.25, 0.3) is 5.91 Å².